The largest absolute Gasteiger partial charge is 0.416 e. The maximum atomic E-state index is 13.5. The molecule has 5 rings (SSSR count). The number of carbonyl (C=O) groups is 1. The molecule has 1 fully saturated rings. The van der Waals surface area contributed by atoms with Gasteiger partial charge in [-0.2, -0.15) is 13.2 Å². The standard InChI is InChI=1S/C30H27ClF3N5O2S/c1-17-13-22(18(2)38(17)20-8-6-7-19(14-20)30(32,33)34)28-27(25-9-4-5-12-35-25)37-29(42)39(28)21-10-11-24(23(31)15-21)36-26(40)16-41-3/h4-15,27-28H,16H2,1-3H3,(H,36,40)(H,37,42)/t27-,28-/m1/s1. The number of nitrogens with zero attached hydrogens (tertiary/aromatic N) is 3. The Morgan fingerprint density at radius 3 is 2.55 bits per heavy atom. The summed E-state index contributed by atoms with van der Waals surface area (Å²) in [6.07, 6.45) is -2.77. The lowest BCUT2D eigenvalue weighted by Gasteiger charge is -2.28. The molecule has 4 aromatic rings. The van der Waals surface area contributed by atoms with Gasteiger partial charge in [0.25, 0.3) is 0 Å². The molecular weight excluding hydrogens is 587 g/mol. The van der Waals surface area contributed by atoms with E-state index in [2.05, 4.69) is 15.6 Å². The first-order chi connectivity index (χ1) is 20.0. The lowest BCUT2D eigenvalue weighted by molar-refractivity contribution is -0.137. The van der Waals surface area contributed by atoms with Crippen LogP contribution in [0.4, 0.5) is 24.5 Å². The number of hydrogen-bond acceptors (Lipinski definition) is 4. The lowest BCUT2D eigenvalue weighted by Crippen LogP contribution is -2.29. The molecule has 0 saturated carbocycles. The maximum absolute atomic E-state index is 13.5. The normalized spacial score (nSPS) is 16.9. The number of nitrogens with one attached hydrogen (secondary N) is 2. The van der Waals surface area contributed by atoms with Gasteiger partial charge in [-0.15, -0.1) is 0 Å². The van der Waals surface area contributed by atoms with E-state index < -0.39 is 17.8 Å². The summed E-state index contributed by atoms with van der Waals surface area (Å²) in [5, 5.41) is 6.82. The van der Waals surface area contributed by atoms with Crippen LogP contribution in [0.2, 0.25) is 5.02 Å². The van der Waals surface area contributed by atoms with E-state index in [1.807, 2.05) is 43.0 Å². The summed E-state index contributed by atoms with van der Waals surface area (Å²) < 4.78 is 47.3. The average Bonchev–Trinajstić information content (AvgIpc) is 3.44. The van der Waals surface area contributed by atoms with Gasteiger partial charge in [0.2, 0.25) is 5.91 Å². The van der Waals surface area contributed by atoms with Gasteiger partial charge in [0, 0.05) is 36.1 Å². The summed E-state index contributed by atoms with van der Waals surface area (Å²) in [6.45, 7) is 3.61. The third-order valence-electron chi connectivity index (χ3n) is 7.10. The van der Waals surface area contributed by atoms with Crippen LogP contribution < -0.4 is 15.5 Å². The van der Waals surface area contributed by atoms with E-state index in [4.69, 9.17) is 28.6 Å². The zero-order chi connectivity index (χ0) is 30.2. The van der Waals surface area contributed by atoms with Crippen molar-refractivity contribution in [1.29, 1.82) is 0 Å². The van der Waals surface area contributed by atoms with Gasteiger partial charge in [0.1, 0.15) is 6.61 Å². The van der Waals surface area contributed by atoms with Crippen molar-refractivity contribution in [3.63, 3.8) is 0 Å². The first kappa shape index (κ1) is 29.6. The number of anilines is 2. The fourth-order valence-electron chi connectivity index (χ4n) is 5.33. The number of halogens is 4. The Bertz CT molecular complexity index is 1640. The Balaban J connectivity index is 1.61. The fraction of sp³-hybridized carbons (Fsp3) is 0.233. The minimum atomic E-state index is -4.47. The van der Waals surface area contributed by atoms with Crippen LogP contribution in [-0.2, 0) is 15.7 Å². The number of amides is 1. The highest BCUT2D eigenvalue weighted by atomic mass is 35.5. The smallest absolute Gasteiger partial charge is 0.375 e. The number of thiocarbonyl (C=S) groups is 1. The minimum Gasteiger partial charge on any atom is -0.375 e. The number of benzene rings is 2. The summed E-state index contributed by atoms with van der Waals surface area (Å²) in [5.41, 5.74) is 3.86. The van der Waals surface area contributed by atoms with Crippen molar-refractivity contribution in [3.8, 4) is 5.69 Å². The van der Waals surface area contributed by atoms with Crippen molar-refractivity contribution in [2.75, 3.05) is 23.9 Å². The van der Waals surface area contributed by atoms with E-state index in [-0.39, 0.29) is 18.6 Å². The number of rotatable bonds is 7. The molecule has 218 valence electrons. The molecule has 3 heterocycles. The van der Waals surface area contributed by atoms with Crippen molar-refractivity contribution in [3.05, 3.63) is 106 Å². The van der Waals surface area contributed by atoms with Crippen LogP contribution in [0.25, 0.3) is 5.69 Å². The molecule has 0 bridgehead atoms. The quantitative estimate of drug-likeness (QED) is 0.221. The molecule has 0 aliphatic carbocycles. The second-order valence-corrected chi connectivity index (χ2v) is 10.6. The Morgan fingerprint density at radius 2 is 1.88 bits per heavy atom. The Morgan fingerprint density at radius 1 is 1.10 bits per heavy atom. The molecule has 42 heavy (non-hydrogen) atoms. The second-order valence-electron chi connectivity index (χ2n) is 9.85. The average molecular weight is 614 g/mol. The molecule has 1 amide bonds. The molecule has 1 aliphatic rings. The highest BCUT2D eigenvalue weighted by Gasteiger charge is 2.42. The van der Waals surface area contributed by atoms with Crippen molar-refractivity contribution in [1.82, 2.24) is 14.9 Å². The second kappa shape index (κ2) is 11.7. The van der Waals surface area contributed by atoms with Gasteiger partial charge >= 0.3 is 6.18 Å². The molecular formula is C30H27ClF3N5O2S. The first-order valence-corrected chi connectivity index (χ1v) is 13.7. The summed E-state index contributed by atoms with van der Waals surface area (Å²) in [6, 6.07) is 17.2. The van der Waals surface area contributed by atoms with Crippen LogP contribution >= 0.6 is 23.8 Å². The molecule has 7 nitrogen and oxygen atoms in total. The van der Waals surface area contributed by atoms with Gasteiger partial charge in [0.05, 0.1) is 34.1 Å². The van der Waals surface area contributed by atoms with E-state index in [1.54, 1.807) is 35.0 Å². The summed E-state index contributed by atoms with van der Waals surface area (Å²) in [7, 11) is 1.42. The number of hydrogen-bond donors (Lipinski definition) is 2. The lowest BCUT2D eigenvalue weighted by atomic mass is 9.96. The van der Waals surface area contributed by atoms with E-state index in [0.29, 0.717) is 27.2 Å². The highest BCUT2D eigenvalue weighted by Crippen LogP contribution is 2.45. The molecule has 2 atom stereocenters. The predicted molar refractivity (Wildman–Crippen MR) is 160 cm³/mol. The van der Waals surface area contributed by atoms with E-state index >= 15 is 0 Å². The number of methoxy groups -OCH3 is 1. The van der Waals surface area contributed by atoms with Crippen LogP contribution in [0.5, 0.6) is 0 Å². The zero-order valence-electron chi connectivity index (χ0n) is 22.9. The number of pyridine rings is 1. The molecule has 1 saturated heterocycles. The van der Waals surface area contributed by atoms with Gasteiger partial charge in [-0.1, -0.05) is 23.7 Å². The zero-order valence-corrected chi connectivity index (χ0v) is 24.4. The number of alkyl halides is 3. The number of ether oxygens (including phenoxy) is 1. The van der Waals surface area contributed by atoms with E-state index in [1.165, 1.54) is 13.2 Å². The van der Waals surface area contributed by atoms with Gasteiger partial charge in [-0.25, -0.2) is 0 Å². The van der Waals surface area contributed by atoms with Gasteiger partial charge in [0.15, 0.2) is 5.11 Å². The van der Waals surface area contributed by atoms with Crippen molar-refractivity contribution < 1.29 is 22.7 Å². The first-order valence-electron chi connectivity index (χ1n) is 12.9. The molecule has 0 spiro atoms. The van der Waals surface area contributed by atoms with Crippen LogP contribution in [0.1, 0.15) is 40.3 Å². The molecule has 0 radical (unpaired) electrons. The molecule has 2 N–H and O–H groups in total. The summed E-state index contributed by atoms with van der Waals surface area (Å²) in [5.74, 6) is -0.347. The molecule has 2 aromatic carbocycles. The number of aryl methyl sites for hydroxylation is 1. The van der Waals surface area contributed by atoms with E-state index in [9.17, 15) is 18.0 Å². The molecule has 1 aliphatic heterocycles. The highest BCUT2D eigenvalue weighted by molar-refractivity contribution is 7.80. The van der Waals surface area contributed by atoms with Crippen LogP contribution in [-0.4, -0.2) is 34.3 Å². The minimum absolute atomic E-state index is 0.118. The SMILES string of the molecule is COCC(=O)Nc1ccc(N2C(=S)N[C@H](c3ccccn3)[C@H]2c2cc(C)n(-c3cccc(C(F)(F)F)c3)c2C)cc1Cl. The fourth-order valence-corrected chi connectivity index (χ4v) is 5.90. The van der Waals surface area contributed by atoms with Gasteiger partial charge < -0.3 is 24.8 Å². The molecule has 2 aromatic heterocycles. The number of aromatic nitrogens is 2. The molecule has 12 heteroatoms. The van der Waals surface area contributed by atoms with Gasteiger partial charge in [-0.3, -0.25) is 9.78 Å². The monoisotopic (exact) mass is 613 g/mol. The van der Waals surface area contributed by atoms with Crippen LogP contribution in [0.15, 0.2) is 72.9 Å². The third kappa shape index (κ3) is 5.72. The molecule has 0 unspecified atom stereocenters. The van der Waals surface area contributed by atoms with E-state index in [0.717, 1.165) is 34.8 Å². The van der Waals surface area contributed by atoms with Crippen molar-refractivity contribution in [2.45, 2.75) is 32.1 Å². The van der Waals surface area contributed by atoms with Gasteiger partial charge in [-0.05, 0) is 86.2 Å². The Hall–Kier alpha value is -3.93. The maximum Gasteiger partial charge on any atom is 0.416 e. The Labute approximate surface area is 251 Å². The van der Waals surface area contributed by atoms with Crippen LogP contribution in [0, 0.1) is 13.8 Å². The summed E-state index contributed by atoms with van der Waals surface area (Å²) >= 11 is 12.4. The van der Waals surface area contributed by atoms with Crippen molar-refractivity contribution in [2.24, 2.45) is 0 Å². The Kier molecular flexibility index (Phi) is 8.27. The summed E-state index contributed by atoms with van der Waals surface area (Å²) in [4.78, 5) is 18.5. The predicted octanol–water partition coefficient (Wildman–Crippen LogP) is 6.92. The third-order valence-corrected chi connectivity index (χ3v) is 7.73. The number of carbonyl (C=O) groups excluding carboxylic acids is 1. The topological polar surface area (TPSA) is 71.4 Å². The van der Waals surface area contributed by atoms with Crippen molar-refractivity contribution >= 4 is 46.2 Å². The van der Waals surface area contributed by atoms with Crippen LogP contribution in [0.3, 0.4) is 0 Å².